The number of benzene rings is 1. The Balaban J connectivity index is 2.58. The van der Waals surface area contributed by atoms with E-state index in [2.05, 4.69) is 22.9 Å². The van der Waals surface area contributed by atoms with Crippen LogP contribution < -0.4 is 4.74 Å². The normalized spacial score (nSPS) is 12.2. The molecule has 1 rings (SSSR count). The average Bonchev–Trinajstić information content (AvgIpc) is 2.18. The second-order valence-electron chi connectivity index (χ2n) is 3.57. The van der Waals surface area contributed by atoms with Gasteiger partial charge in [-0.25, -0.2) is 0 Å². The zero-order valence-corrected chi connectivity index (χ0v) is 10.6. The molecule has 1 aromatic carbocycles. The fraction of sp³-hybridized carbons (Fsp3) is 0.417. The molecule has 3 heteroatoms. The predicted molar refractivity (Wildman–Crippen MR) is 63.8 cm³/mol. The monoisotopic (exact) mass is 270 g/mol. The van der Waals surface area contributed by atoms with E-state index in [1.807, 2.05) is 19.1 Å². The minimum atomic E-state index is -0.157. The van der Waals surface area contributed by atoms with Crippen molar-refractivity contribution in [3.63, 3.8) is 0 Å². The fourth-order valence-corrected chi connectivity index (χ4v) is 1.68. The highest BCUT2D eigenvalue weighted by atomic mass is 79.9. The summed E-state index contributed by atoms with van der Waals surface area (Å²) in [6, 6.07) is 7.31. The minimum absolute atomic E-state index is 0.0334. The molecule has 0 aromatic heterocycles. The van der Waals surface area contributed by atoms with Gasteiger partial charge in [0.15, 0.2) is 0 Å². The maximum atomic E-state index is 11.6. The first-order valence-corrected chi connectivity index (χ1v) is 5.90. The van der Waals surface area contributed by atoms with Gasteiger partial charge >= 0.3 is 5.97 Å². The summed E-state index contributed by atoms with van der Waals surface area (Å²) >= 11 is 3.33. The van der Waals surface area contributed by atoms with Crippen LogP contribution in [0.25, 0.3) is 0 Å². The molecular weight excluding hydrogens is 256 g/mol. The summed E-state index contributed by atoms with van der Waals surface area (Å²) in [7, 11) is 0. The summed E-state index contributed by atoms with van der Waals surface area (Å²) in [5.74, 6) is 0.404. The van der Waals surface area contributed by atoms with Gasteiger partial charge in [-0.2, -0.15) is 0 Å². The predicted octanol–water partition coefficient (Wildman–Crippen LogP) is 3.79. The number of carbonyl (C=O) groups excluding carboxylic acids is 1. The molecule has 0 saturated heterocycles. The zero-order valence-electron chi connectivity index (χ0n) is 9.00. The molecule has 2 nitrogen and oxygen atoms in total. The topological polar surface area (TPSA) is 26.3 Å². The summed E-state index contributed by atoms with van der Waals surface area (Å²) in [5.41, 5.74) is 0. The largest absolute Gasteiger partial charge is 0.426 e. The molecular formula is C12H15BrO2. The van der Waals surface area contributed by atoms with Crippen LogP contribution in [0.4, 0.5) is 0 Å². The molecule has 0 spiro atoms. The van der Waals surface area contributed by atoms with Crippen molar-refractivity contribution in [2.24, 2.45) is 5.92 Å². The third-order valence-electron chi connectivity index (χ3n) is 2.14. The van der Waals surface area contributed by atoms with Crippen LogP contribution in [0.1, 0.15) is 26.7 Å². The lowest BCUT2D eigenvalue weighted by atomic mass is 10.1. The van der Waals surface area contributed by atoms with Crippen molar-refractivity contribution in [2.75, 3.05) is 0 Å². The van der Waals surface area contributed by atoms with Crippen LogP contribution in [0, 0.1) is 5.92 Å². The summed E-state index contributed by atoms with van der Waals surface area (Å²) in [6.07, 6.45) is 1.86. The lowest BCUT2D eigenvalue weighted by Crippen LogP contribution is -2.17. The highest BCUT2D eigenvalue weighted by Crippen LogP contribution is 2.19. The van der Waals surface area contributed by atoms with Crippen molar-refractivity contribution < 1.29 is 9.53 Å². The van der Waals surface area contributed by atoms with Crippen LogP contribution in [0.3, 0.4) is 0 Å². The molecule has 0 saturated carbocycles. The number of carbonyl (C=O) groups is 1. The molecule has 0 heterocycles. The molecule has 0 radical (unpaired) electrons. The van der Waals surface area contributed by atoms with E-state index in [0.29, 0.717) is 5.75 Å². The second kappa shape index (κ2) is 5.91. The molecule has 1 atom stereocenters. The van der Waals surface area contributed by atoms with E-state index in [0.717, 1.165) is 17.3 Å². The van der Waals surface area contributed by atoms with Gasteiger partial charge in [0.2, 0.25) is 0 Å². The molecule has 0 N–H and O–H groups in total. The van der Waals surface area contributed by atoms with E-state index in [1.54, 1.807) is 12.1 Å². The van der Waals surface area contributed by atoms with Gasteiger partial charge in [-0.1, -0.05) is 42.3 Å². The van der Waals surface area contributed by atoms with Crippen molar-refractivity contribution >= 4 is 21.9 Å². The number of halogens is 1. The first-order valence-electron chi connectivity index (χ1n) is 5.10. The molecule has 15 heavy (non-hydrogen) atoms. The van der Waals surface area contributed by atoms with Gasteiger partial charge in [0.05, 0.1) is 5.92 Å². The van der Waals surface area contributed by atoms with E-state index in [4.69, 9.17) is 4.74 Å². The Labute approximate surface area is 98.8 Å². The Morgan fingerprint density at radius 3 is 2.87 bits per heavy atom. The summed E-state index contributed by atoms with van der Waals surface area (Å²) < 4.78 is 6.15. The van der Waals surface area contributed by atoms with Gasteiger partial charge in [0.25, 0.3) is 0 Å². The standard InChI is InChI=1S/C12H15BrO2/c1-3-5-9(2)12(14)15-11-7-4-6-10(13)8-11/h4,6-9H,3,5H2,1-2H3. The van der Waals surface area contributed by atoms with Crippen LogP contribution in [-0.2, 0) is 4.79 Å². The van der Waals surface area contributed by atoms with Crippen LogP contribution in [-0.4, -0.2) is 5.97 Å². The Bertz CT molecular complexity index is 336. The van der Waals surface area contributed by atoms with Gasteiger partial charge in [-0.05, 0) is 24.6 Å². The van der Waals surface area contributed by atoms with E-state index in [-0.39, 0.29) is 11.9 Å². The van der Waals surface area contributed by atoms with Gasteiger partial charge in [0, 0.05) is 4.47 Å². The molecule has 0 bridgehead atoms. The van der Waals surface area contributed by atoms with Crippen molar-refractivity contribution in [2.45, 2.75) is 26.7 Å². The summed E-state index contributed by atoms with van der Waals surface area (Å²) in [4.78, 5) is 11.6. The van der Waals surface area contributed by atoms with Crippen molar-refractivity contribution in [3.8, 4) is 5.75 Å². The van der Waals surface area contributed by atoms with Crippen LogP contribution >= 0.6 is 15.9 Å². The maximum absolute atomic E-state index is 11.6. The Hall–Kier alpha value is -0.830. The number of hydrogen-bond donors (Lipinski definition) is 0. The van der Waals surface area contributed by atoms with Crippen molar-refractivity contribution in [1.29, 1.82) is 0 Å². The molecule has 0 aliphatic rings. The second-order valence-corrected chi connectivity index (χ2v) is 4.48. The molecule has 0 aliphatic heterocycles. The summed E-state index contributed by atoms with van der Waals surface area (Å²) in [5, 5.41) is 0. The van der Waals surface area contributed by atoms with Gasteiger partial charge < -0.3 is 4.74 Å². The molecule has 0 aliphatic carbocycles. The van der Waals surface area contributed by atoms with Gasteiger partial charge in [-0.15, -0.1) is 0 Å². The van der Waals surface area contributed by atoms with Gasteiger partial charge in [-0.3, -0.25) is 4.79 Å². The quantitative estimate of drug-likeness (QED) is 0.615. The lowest BCUT2D eigenvalue weighted by Gasteiger charge is -2.09. The van der Waals surface area contributed by atoms with Crippen molar-refractivity contribution in [3.05, 3.63) is 28.7 Å². The highest BCUT2D eigenvalue weighted by Gasteiger charge is 2.13. The maximum Gasteiger partial charge on any atom is 0.314 e. The van der Waals surface area contributed by atoms with E-state index in [9.17, 15) is 4.79 Å². The van der Waals surface area contributed by atoms with E-state index >= 15 is 0 Å². The third-order valence-corrected chi connectivity index (χ3v) is 2.63. The van der Waals surface area contributed by atoms with E-state index in [1.165, 1.54) is 0 Å². The third kappa shape index (κ3) is 4.04. The molecule has 1 aromatic rings. The molecule has 1 unspecified atom stereocenters. The Kier molecular flexibility index (Phi) is 4.82. The summed E-state index contributed by atoms with van der Waals surface area (Å²) in [6.45, 7) is 3.95. The molecule has 82 valence electrons. The van der Waals surface area contributed by atoms with E-state index < -0.39 is 0 Å². The lowest BCUT2D eigenvalue weighted by molar-refractivity contribution is -0.138. The first kappa shape index (κ1) is 12.2. The van der Waals surface area contributed by atoms with Crippen LogP contribution in [0.15, 0.2) is 28.7 Å². The molecule has 0 fully saturated rings. The number of ether oxygens (including phenoxy) is 1. The first-order chi connectivity index (χ1) is 7.13. The Morgan fingerprint density at radius 1 is 1.53 bits per heavy atom. The average molecular weight is 271 g/mol. The smallest absolute Gasteiger partial charge is 0.314 e. The zero-order chi connectivity index (χ0) is 11.3. The number of rotatable bonds is 4. The highest BCUT2D eigenvalue weighted by molar-refractivity contribution is 9.10. The Morgan fingerprint density at radius 2 is 2.27 bits per heavy atom. The SMILES string of the molecule is CCCC(C)C(=O)Oc1cccc(Br)c1. The van der Waals surface area contributed by atoms with Crippen molar-refractivity contribution in [1.82, 2.24) is 0 Å². The van der Waals surface area contributed by atoms with Crippen LogP contribution in [0.2, 0.25) is 0 Å². The molecule has 0 amide bonds. The van der Waals surface area contributed by atoms with Gasteiger partial charge in [0.1, 0.15) is 5.75 Å². The number of esters is 1. The van der Waals surface area contributed by atoms with Crippen LogP contribution in [0.5, 0.6) is 5.75 Å². The fourth-order valence-electron chi connectivity index (χ4n) is 1.30. The minimum Gasteiger partial charge on any atom is -0.426 e. The number of hydrogen-bond acceptors (Lipinski definition) is 2.